The second kappa shape index (κ2) is 5.78. The maximum absolute atomic E-state index is 13.1. The second-order valence-electron chi connectivity index (χ2n) is 4.54. The summed E-state index contributed by atoms with van der Waals surface area (Å²) < 4.78 is 15.0. The van der Waals surface area contributed by atoms with Crippen LogP contribution in [0.4, 0.5) is 4.39 Å². The molecule has 0 bridgehead atoms. The molecule has 0 aliphatic carbocycles. The highest BCUT2D eigenvalue weighted by Gasteiger charge is 1.99. The minimum Gasteiger partial charge on any atom is -0.311 e. The van der Waals surface area contributed by atoms with Crippen LogP contribution in [0.15, 0.2) is 30.6 Å². The van der Waals surface area contributed by atoms with E-state index in [-0.39, 0.29) is 5.82 Å². The summed E-state index contributed by atoms with van der Waals surface area (Å²) in [5, 5.41) is 7.54. The third-order valence-corrected chi connectivity index (χ3v) is 2.83. The summed E-state index contributed by atoms with van der Waals surface area (Å²) in [7, 11) is 0. The van der Waals surface area contributed by atoms with E-state index in [0.29, 0.717) is 5.56 Å². The zero-order chi connectivity index (χ0) is 13.0. The molecule has 0 saturated heterocycles. The maximum Gasteiger partial charge on any atom is 0.126 e. The van der Waals surface area contributed by atoms with Crippen LogP contribution in [0, 0.1) is 19.7 Å². The number of nitrogens with zero attached hydrogens (tertiary/aromatic N) is 2. The summed E-state index contributed by atoms with van der Waals surface area (Å²) in [5.41, 5.74) is 2.96. The van der Waals surface area contributed by atoms with Crippen LogP contribution in [-0.2, 0) is 13.1 Å². The number of aromatic nitrogens is 2. The molecule has 0 spiro atoms. The van der Waals surface area contributed by atoms with Gasteiger partial charge in [-0.05, 0) is 36.6 Å². The molecule has 0 aliphatic rings. The van der Waals surface area contributed by atoms with Gasteiger partial charge < -0.3 is 5.32 Å². The number of rotatable bonds is 5. The minimum absolute atomic E-state index is 0.147. The number of nitrogens with one attached hydrogen (secondary N) is 1. The van der Waals surface area contributed by atoms with Crippen LogP contribution in [0.1, 0.15) is 16.7 Å². The molecule has 0 fully saturated rings. The normalized spacial score (nSPS) is 10.8. The van der Waals surface area contributed by atoms with E-state index >= 15 is 0 Å². The number of aryl methyl sites for hydroxylation is 2. The molecule has 0 aliphatic heterocycles. The molecule has 96 valence electrons. The summed E-state index contributed by atoms with van der Waals surface area (Å²) in [5.74, 6) is -0.147. The predicted molar refractivity (Wildman–Crippen MR) is 69.8 cm³/mol. The topological polar surface area (TPSA) is 29.9 Å². The fourth-order valence-corrected chi connectivity index (χ4v) is 1.83. The van der Waals surface area contributed by atoms with Gasteiger partial charge in [0.05, 0.1) is 12.7 Å². The Morgan fingerprint density at radius 3 is 2.83 bits per heavy atom. The number of halogens is 1. The lowest BCUT2D eigenvalue weighted by Crippen LogP contribution is -2.19. The highest BCUT2D eigenvalue weighted by molar-refractivity contribution is 5.23. The molecule has 1 heterocycles. The summed E-state index contributed by atoms with van der Waals surface area (Å²) >= 11 is 0. The highest BCUT2D eigenvalue weighted by Crippen LogP contribution is 2.08. The summed E-state index contributed by atoms with van der Waals surface area (Å²) in [6, 6.07) is 5.21. The fourth-order valence-electron chi connectivity index (χ4n) is 1.83. The predicted octanol–water partition coefficient (Wildman–Crippen LogP) is 2.43. The monoisotopic (exact) mass is 247 g/mol. The fraction of sp³-hybridized carbons (Fsp3) is 0.357. The molecule has 2 aromatic rings. The molecule has 1 N–H and O–H groups in total. The molecule has 0 unspecified atom stereocenters. The first-order valence-corrected chi connectivity index (χ1v) is 6.10. The van der Waals surface area contributed by atoms with Crippen LogP contribution < -0.4 is 5.32 Å². The lowest BCUT2D eigenvalue weighted by Gasteiger charge is -2.06. The van der Waals surface area contributed by atoms with E-state index in [1.54, 1.807) is 6.92 Å². The van der Waals surface area contributed by atoms with Gasteiger partial charge in [0.2, 0.25) is 0 Å². The van der Waals surface area contributed by atoms with Crippen LogP contribution in [-0.4, -0.2) is 16.3 Å². The van der Waals surface area contributed by atoms with E-state index in [1.807, 2.05) is 36.1 Å². The largest absolute Gasteiger partial charge is 0.311 e. The van der Waals surface area contributed by atoms with Crippen molar-refractivity contribution in [3.05, 3.63) is 53.1 Å². The third-order valence-electron chi connectivity index (χ3n) is 2.83. The average molecular weight is 247 g/mol. The molecule has 0 saturated carbocycles. The second-order valence-corrected chi connectivity index (χ2v) is 4.54. The van der Waals surface area contributed by atoms with Gasteiger partial charge in [0, 0.05) is 19.3 Å². The van der Waals surface area contributed by atoms with Crippen molar-refractivity contribution in [1.82, 2.24) is 15.1 Å². The van der Waals surface area contributed by atoms with Gasteiger partial charge >= 0.3 is 0 Å². The third kappa shape index (κ3) is 3.40. The molecule has 18 heavy (non-hydrogen) atoms. The van der Waals surface area contributed by atoms with Gasteiger partial charge in [-0.2, -0.15) is 5.10 Å². The van der Waals surface area contributed by atoms with Gasteiger partial charge in [-0.3, -0.25) is 4.68 Å². The first kappa shape index (κ1) is 12.8. The van der Waals surface area contributed by atoms with Gasteiger partial charge in [-0.15, -0.1) is 0 Å². The Balaban J connectivity index is 1.76. The molecule has 0 amide bonds. The SMILES string of the molecule is Cc1cnn(CCNCc2ccc(F)c(C)c2)c1. The molecule has 0 atom stereocenters. The first-order valence-electron chi connectivity index (χ1n) is 6.10. The molecule has 1 aromatic carbocycles. The van der Waals surface area contributed by atoms with Crippen molar-refractivity contribution in [1.29, 1.82) is 0 Å². The Kier molecular flexibility index (Phi) is 4.10. The summed E-state index contributed by atoms with van der Waals surface area (Å²) in [6.45, 7) is 6.25. The maximum atomic E-state index is 13.1. The van der Waals surface area contributed by atoms with Crippen LogP contribution in [0.3, 0.4) is 0 Å². The van der Waals surface area contributed by atoms with Gasteiger partial charge in [0.15, 0.2) is 0 Å². The lowest BCUT2D eigenvalue weighted by atomic mass is 10.1. The van der Waals surface area contributed by atoms with Crippen molar-refractivity contribution in [3.63, 3.8) is 0 Å². The van der Waals surface area contributed by atoms with Crippen molar-refractivity contribution in [2.24, 2.45) is 0 Å². The Labute approximate surface area is 107 Å². The highest BCUT2D eigenvalue weighted by atomic mass is 19.1. The van der Waals surface area contributed by atoms with E-state index in [0.717, 1.165) is 25.2 Å². The standard InChI is InChI=1S/C14H18FN3/c1-11-8-17-18(10-11)6-5-16-9-13-3-4-14(15)12(2)7-13/h3-4,7-8,10,16H,5-6,9H2,1-2H3. The number of hydrogen-bond donors (Lipinski definition) is 1. The Morgan fingerprint density at radius 1 is 1.33 bits per heavy atom. The number of hydrogen-bond acceptors (Lipinski definition) is 2. The Hall–Kier alpha value is -1.68. The molecule has 2 rings (SSSR count). The van der Waals surface area contributed by atoms with Crippen LogP contribution >= 0.6 is 0 Å². The molecular weight excluding hydrogens is 229 g/mol. The smallest absolute Gasteiger partial charge is 0.126 e. The van der Waals surface area contributed by atoms with Crippen molar-refractivity contribution in [3.8, 4) is 0 Å². The van der Waals surface area contributed by atoms with Crippen LogP contribution in [0.2, 0.25) is 0 Å². The van der Waals surface area contributed by atoms with Crippen molar-refractivity contribution < 1.29 is 4.39 Å². The van der Waals surface area contributed by atoms with Gasteiger partial charge in [-0.1, -0.05) is 12.1 Å². The van der Waals surface area contributed by atoms with E-state index < -0.39 is 0 Å². The quantitative estimate of drug-likeness (QED) is 0.822. The summed E-state index contributed by atoms with van der Waals surface area (Å²) in [4.78, 5) is 0. The molecule has 0 radical (unpaired) electrons. The average Bonchev–Trinajstić information content (AvgIpc) is 2.75. The van der Waals surface area contributed by atoms with Gasteiger partial charge in [0.25, 0.3) is 0 Å². The van der Waals surface area contributed by atoms with Crippen LogP contribution in [0.5, 0.6) is 0 Å². The van der Waals surface area contributed by atoms with E-state index in [4.69, 9.17) is 0 Å². The molecule has 1 aromatic heterocycles. The Bertz CT molecular complexity index is 520. The van der Waals surface area contributed by atoms with Crippen LogP contribution in [0.25, 0.3) is 0 Å². The van der Waals surface area contributed by atoms with E-state index in [9.17, 15) is 4.39 Å². The first-order chi connectivity index (χ1) is 8.65. The van der Waals surface area contributed by atoms with Crippen molar-refractivity contribution in [2.45, 2.75) is 26.9 Å². The molecular formula is C14H18FN3. The molecule has 3 nitrogen and oxygen atoms in total. The Morgan fingerprint density at radius 2 is 2.17 bits per heavy atom. The van der Waals surface area contributed by atoms with Crippen molar-refractivity contribution >= 4 is 0 Å². The zero-order valence-electron chi connectivity index (χ0n) is 10.8. The van der Waals surface area contributed by atoms with Gasteiger partial charge in [-0.25, -0.2) is 4.39 Å². The van der Waals surface area contributed by atoms with E-state index in [1.165, 1.54) is 11.6 Å². The van der Waals surface area contributed by atoms with E-state index in [2.05, 4.69) is 10.4 Å². The van der Waals surface area contributed by atoms with Gasteiger partial charge in [0.1, 0.15) is 5.82 Å². The minimum atomic E-state index is -0.147. The van der Waals surface area contributed by atoms with Crippen molar-refractivity contribution in [2.75, 3.05) is 6.54 Å². The molecule has 4 heteroatoms. The lowest BCUT2D eigenvalue weighted by molar-refractivity contribution is 0.553. The summed E-state index contributed by atoms with van der Waals surface area (Å²) in [6.07, 6.45) is 3.87. The zero-order valence-corrected chi connectivity index (χ0v) is 10.8. The number of benzene rings is 1.